The molecule has 0 atom stereocenters. The molecule has 3 N–H and O–H groups in total. The van der Waals surface area contributed by atoms with Gasteiger partial charge in [-0.05, 0) is 50.0 Å². The Morgan fingerprint density at radius 1 is 1.27 bits per heavy atom. The Hall–Kier alpha value is -2.20. The summed E-state index contributed by atoms with van der Waals surface area (Å²) in [7, 11) is -1.48. The highest BCUT2D eigenvalue weighted by molar-refractivity contribution is 7.89. The molecule has 10 heteroatoms. The first-order chi connectivity index (χ1) is 14.3. The van der Waals surface area contributed by atoms with E-state index in [0.717, 1.165) is 55.4 Å². The van der Waals surface area contributed by atoms with E-state index >= 15 is 0 Å². The van der Waals surface area contributed by atoms with E-state index in [2.05, 4.69) is 26.9 Å². The fourth-order valence-corrected chi connectivity index (χ4v) is 5.49. The zero-order chi connectivity index (χ0) is 21.4. The van der Waals surface area contributed by atoms with Gasteiger partial charge in [0.2, 0.25) is 15.9 Å². The number of carbonyl (C=O) groups excluding carboxylic acids is 1. The van der Waals surface area contributed by atoms with Crippen molar-refractivity contribution in [2.45, 2.75) is 51.0 Å². The second kappa shape index (κ2) is 8.14. The topological polar surface area (TPSA) is 125 Å². The van der Waals surface area contributed by atoms with Crippen LogP contribution in [0.3, 0.4) is 0 Å². The SMILES string of the molecule is CN(c1ncnc2[nH]ccc12)C1CCC2(CC1)CCN(C(=O)CCS(N)(=O)=O)CC2. The molecule has 1 aliphatic carbocycles. The van der Waals surface area contributed by atoms with Crippen molar-refractivity contribution in [1.29, 1.82) is 0 Å². The number of nitrogens with zero attached hydrogens (tertiary/aromatic N) is 4. The third-order valence-electron chi connectivity index (χ3n) is 7.01. The van der Waals surface area contributed by atoms with Gasteiger partial charge in [-0.15, -0.1) is 0 Å². The van der Waals surface area contributed by atoms with E-state index in [9.17, 15) is 13.2 Å². The van der Waals surface area contributed by atoms with Crippen LogP contribution in [0, 0.1) is 5.41 Å². The molecule has 0 aromatic carbocycles. The lowest BCUT2D eigenvalue weighted by Gasteiger charge is -2.47. The van der Waals surface area contributed by atoms with Gasteiger partial charge >= 0.3 is 0 Å². The van der Waals surface area contributed by atoms with Gasteiger partial charge in [0.1, 0.15) is 17.8 Å². The van der Waals surface area contributed by atoms with E-state index in [1.807, 2.05) is 12.3 Å². The molecule has 1 aliphatic heterocycles. The van der Waals surface area contributed by atoms with Crippen LogP contribution in [0.2, 0.25) is 0 Å². The van der Waals surface area contributed by atoms with Crippen LogP contribution in [-0.4, -0.2) is 66.1 Å². The first kappa shape index (κ1) is 21.0. The van der Waals surface area contributed by atoms with E-state index in [0.29, 0.717) is 24.5 Å². The molecule has 1 spiro atoms. The normalized spacial score (nSPS) is 20.0. The van der Waals surface area contributed by atoms with Crippen LogP contribution in [0.5, 0.6) is 0 Å². The van der Waals surface area contributed by atoms with E-state index in [1.165, 1.54) is 0 Å². The van der Waals surface area contributed by atoms with Crippen molar-refractivity contribution in [3.05, 3.63) is 18.6 Å². The molecule has 0 radical (unpaired) electrons. The monoisotopic (exact) mass is 434 g/mol. The maximum atomic E-state index is 12.3. The largest absolute Gasteiger partial charge is 0.356 e. The summed E-state index contributed by atoms with van der Waals surface area (Å²) in [5.41, 5.74) is 1.15. The number of nitrogens with one attached hydrogen (secondary N) is 1. The molecule has 2 fully saturated rings. The van der Waals surface area contributed by atoms with Gasteiger partial charge in [-0.25, -0.2) is 23.5 Å². The third kappa shape index (κ3) is 4.44. The molecule has 164 valence electrons. The fourth-order valence-electron chi connectivity index (χ4n) is 5.03. The highest BCUT2D eigenvalue weighted by atomic mass is 32.2. The Balaban J connectivity index is 1.32. The highest BCUT2D eigenvalue weighted by Gasteiger charge is 2.40. The van der Waals surface area contributed by atoms with Crippen molar-refractivity contribution in [2.75, 3.05) is 30.8 Å². The number of nitrogens with two attached hydrogens (primary N) is 1. The zero-order valence-electron chi connectivity index (χ0n) is 17.4. The van der Waals surface area contributed by atoms with E-state index in [-0.39, 0.29) is 18.1 Å². The van der Waals surface area contributed by atoms with E-state index < -0.39 is 10.0 Å². The molecule has 2 aromatic rings. The average Bonchev–Trinajstić information content (AvgIpc) is 3.21. The maximum Gasteiger partial charge on any atom is 0.223 e. The van der Waals surface area contributed by atoms with Gasteiger partial charge in [0.25, 0.3) is 0 Å². The molecule has 30 heavy (non-hydrogen) atoms. The van der Waals surface area contributed by atoms with Crippen molar-refractivity contribution >= 4 is 32.8 Å². The molecule has 0 unspecified atom stereocenters. The molecule has 4 rings (SSSR count). The number of likely N-dealkylation sites (tertiary alicyclic amines) is 1. The first-order valence-corrected chi connectivity index (χ1v) is 12.3. The molecular weight excluding hydrogens is 404 g/mol. The number of piperidine rings is 1. The lowest BCUT2D eigenvalue weighted by Crippen LogP contribution is -2.47. The molecule has 0 bridgehead atoms. The number of anilines is 1. The number of carbonyl (C=O) groups is 1. The molecule has 1 saturated carbocycles. The number of hydrogen-bond acceptors (Lipinski definition) is 6. The standard InChI is InChI=1S/C20H30N6O3S/c1-25(19-16-4-10-22-18(16)23-14-24-19)15-2-6-20(7-3-15)8-11-26(12-9-20)17(27)5-13-30(21,28)29/h4,10,14-15H,2-3,5-9,11-13H2,1H3,(H2,21,28,29)(H,22,23,24). The Bertz CT molecular complexity index is 1000. The van der Waals surface area contributed by atoms with Crippen molar-refractivity contribution in [3.63, 3.8) is 0 Å². The smallest absolute Gasteiger partial charge is 0.223 e. The predicted molar refractivity (Wildman–Crippen MR) is 115 cm³/mol. The van der Waals surface area contributed by atoms with Gasteiger partial charge in [-0.3, -0.25) is 4.79 Å². The second-order valence-electron chi connectivity index (χ2n) is 8.78. The van der Waals surface area contributed by atoms with Gasteiger partial charge < -0.3 is 14.8 Å². The molecular formula is C20H30N6O3S. The number of aromatic amines is 1. The zero-order valence-corrected chi connectivity index (χ0v) is 18.2. The van der Waals surface area contributed by atoms with Crippen molar-refractivity contribution in [1.82, 2.24) is 19.9 Å². The average molecular weight is 435 g/mol. The maximum absolute atomic E-state index is 12.3. The minimum atomic E-state index is -3.60. The quantitative estimate of drug-likeness (QED) is 0.737. The number of hydrogen-bond donors (Lipinski definition) is 2. The number of H-pyrrole nitrogens is 1. The van der Waals surface area contributed by atoms with Gasteiger partial charge in [-0.2, -0.15) is 0 Å². The number of sulfonamides is 1. The van der Waals surface area contributed by atoms with Gasteiger partial charge in [0.15, 0.2) is 0 Å². The van der Waals surface area contributed by atoms with Crippen LogP contribution >= 0.6 is 0 Å². The molecule has 2 aliphatic rings. The highest BCUT2D eigenvalue weighted by Crippen LogP contribution is 2.46. The number of aromatic nitrogens is 3. The Morgan fingerprint density at radius 3 is 2.63 bits per heavy atom. The molecule has 1 amide bonds. The Kier molecular flexibility index (Phi) is 5.71. The number of primary sulfonamides is 1. The van der Waals surface area contributed by atoms with Crippen LogP contribution < -0.4 is 10.0 Å². The number of fused-ring (bicyclic) bond motifs is 1. The summed E-state index contributed by atoms with van der Waals surface area (Å²) in [6.07, 6.45) is 9.94. The molecule has 1 saturated heterocycles. The number of amides is 1. The van der Waals surface area contributed by atoms with Crippen LogP contribution in [0.15, 0.2) is 18.6 Å². The first-order valence-electron chi connectivity index (χ1n) is 10.6. The van der Waals surface area contributed by atoms with Crippen molar-refractivity contribution in [2.24, 2.45) is 10.6 Å². The Morgan fingerprint density at radius 2 is 1.97 bits per heavy atom. The minimum Gasteiger partial charge on any atom is -0.356 e. The minimum absolute atomic E-state index is 0.0226. The summed E-state index contributed by atoms with van der Waals surface area (Å²) in [5.74, 6) is 0.586. The summed E-state index contributed by atoms with van der Waals surface area (Å²) < 4.78 is 22.2. The van der Waals surface area contributed by atoms with Gasteiger partial charge in [-0.1, -0.05) is 0 Å². The molecule has 2 aromatic heterocycles. The predicted octanol–water partition coefficient (Wildman–Crippen LogP) is 1.62. The molecule has 9 nitrogen and oxygen atoms in total. The van der Waals surface area contributed by atoms with Gasteiger partial charge in [0.05, 0.1) is 11.1 Å². The Labute approximate surface area is 177 Å². The van der Waals surface area contributed by atoms with Crippen LogP contribution in [0.1, 0.15) is 44.9 Å². The van der Waals surface area contributed by atoms with Crippen molar-refractivity contribution in [3.8, 4) is 0 Å². The lowest BCUT2D eigenvalue weighted by atomic mass is 9.66. The van der Waals surface area contributed by atoms with Gasteiger partial charge in [0, 0.05) is 38.8 Å². The van der Waals surface area contributed by atoms with Crippen LogP contribution in [-0.2, 0) is 14.8 Å². The van der Waals surface area contributed by atoms with E-state index in [4.69, 9.17) is 5.14 Å². The van der Waals surface area contributed by atoms with Crippen molar-refractivity contribution < 1.29 is 13.2 Å². The second-order valence-corrected chi connectivity index (χ2v) is 10.5. The summed E-state index contributed by atoms with van der Waals surface area (Å²) in [6, 6.07) is 2.46. The third-order valence-corrected chi connectivity index (χ3v) is 7.78. The summed E-state index contributed by atoms with van der Waals surface area (Å²) in [6.45, 7) is 1.42. The van der Waals surface area contributed by atoms with Crippen LogP contribution in [0.25, 0.3) is 11.0 Å². The number of rotatable bonds is 5. The summed E-state index contributed by atoms with van der Waals surface area (Å²) in [4.78, 5) is 28.3. The molecule has 3 heterocycles. The summed E-state index contributed by atoms with van der Waals surface area (Å²) in [5, 5.41) is 6.06. The lowest BCUT2D eigenvalue weighted by molar-refractivity contribution is -0.133. The fraction of sp³-hybridized carbons (Fsp3) is 0.650. The summed E-state index contributed by atoms with van der Waals surface area (Å²) >= 11 is 0. The van der Waals surface area contributed by atoms with E-state index in [1.54, 1.807) is 11.2 Å². The van der Waals surface area contributed by atoms with Crippen LogP contribution in [0.4, 0.5) is 5.82 Å².